The maximum Gasteiger partial charge on any atom is 0.181 e. The second-order valence-electron chi connectivity index (χ2n) is 4.86. The maximum atomic E-state index is 6.14. The minimum atomic E-state index is 0.498. The van der Waals surface area contributed by atoms with Crippen LogP contribution in [-0.2, 0) is 0 Å². The molecule has 2 aromatic carbocycles. The van der Waals surface area contributed by atoms with Gasteiger partial charge in [0.1, 0.15) is 5.82 Å². The number of hydrogen-bond donors (Lipinski definition) is 1. The van der Waals surface area contributed by atoms with E-state index < -0.39 is 0 Å². The lowest BCUT2D eigenvalue weighted by molar-refractivity contribution is 0.419. The lowest BCUT2D eigenvalue weighted by atomic mass is 10.1. The van der Waals surface area contributed by atoms with Gasteiger partial charge in [0.25, 0.3) is 0 Å². The van der Waals surface area contributed by atoms with E-state index in [1.165, 1.54) is 0 Å². The number of hydrogen-bond acceptors (Lipinski definition) is 4. The van der Waals surface area contributed by atoms with Crippen molar-refractivity contribution in [3.8, 4) is 0 Å². The van der Waals surface area contributed by atoms with E-state index in [0.29, 0.717) is 11.3 Å². The minimum absolute atomic E-state index is 0.498. The summed E-state index contributed by atoms with van der Waals surface area (Å²) in [4.78, 5) is 4.50. The van der Waals surface area contributed by atoms with Crippen molar-refractivity contribution in [2.75, 3.05) is 19.8 Å². The third-order valence-electron chi connectivity index (χ3n) is 3.18. The average molecular weight is 264 g/mol. The van der Waals surface area contributed by atoms with Crippen molar-refractivity contribution in [3.63, 3.8) is 0 Å². The molecule has 0 aliphatic rings. The smallest absolute Gasteiger partial charge is 0.181 e. The lowest BCUT2D eigenvalue weighted by Gasteiger charge is -2.01. The number of nitrogen functional groups attached to an aromatic ring is 1. The molecule has 4 nitrogen and oxygen atoms in total. The van der Waals surface area contributed by atoms with Crippen LogP contribution in [0, 0.1) is 0 Å². The Hall–Kier alpha value is -2.62. The molecule has 20 heavy (non-hydrogen) atoms. The summed E-state index contributed by atoms with van der Waals surface area (Å²) in [6.07, 6.45) is 0. The monoisotopic (exact) mass is 264 g/mol. The van der Waals surface area contributed by atoms with Crippen LogP contribution in [0.3, 0.4) is 0 Å². The summed E-state index contributed by atoms with van der Waals surface area (Å²) in [6.45, 7) is 0. The van der Waals surface area contributed by atoms with Gasteiger partial charge >= 0.3 is 0 Å². The fraction of sp³-hybridized carbons (Fsp3) is 0.125. The molecule has 3 aromatic rings. The van der Waals surface area contributed by atoms with Crippen LogP contribution < -0.4 is 11.2 Å². The van der Waals surface area contributed by atoms with Crippen LogP contribution >= 0.6 is 0 Å². The highest BCUT2D eigenvalue weighted by Gasteiger charge is 2.04. The summed E-state index contributed by atoms with van der Waals surface area (Å²) >= 11 is 0. The molecular weight excluding hydrogens is 248 g/mol. The topological polar surface area (TPSA) is 54.5 Å². The molecule has 3 rings (SSSR count). The molecule has 0 radical (unpaired) electrons. The van der Waals surface area contributed by atoms with Gasteiger partial charge in [0.15, 0.2) is 5.49 Å². The average Bonchev–Trinajstić information content (AvgIpc) is 2.56. The molecule has 0 amide bonds. The molecular formula is C16H16N4. The number of nitrogens with two attached hydrogens (primary N) is 1. The normalized spacial score (nSPS) is 12.0. The van der Waals surface area contributed by atoms with E-state index >= 15 is 0 Å². The highest BCUT2D eigenvalue weighted by molar-refractivity contribution is 6.08. The van der Waals surface area contributed by atoms with E-state index in [1.54, 1.807) is 5.01 Å². The Kier molecular flexibility index (Phi) is 2.99. The summed E-state index contributed by atoms with van der Waals surface area (Å²) in [5.41, 5.74) is 6.78. The molecule has 0 saturated heterocycles. The largest absolute Gasteiger partial charge is 0.383 e. The number of benzene rings is 2. The Morgan fingerprint density at radius 2 is 1.35 bits per heavy atom. The van der Waals surface area contributed by atoms with Gasteiger partial charge in [-0.1, -0.05) is 48.5 Å². The molecule has 0 aliphatic carbocycles. The second-order valence-corrected chi connectivity index (χ2v) is 4.86. The lowest BCUT2D eigenvalue weighted by Crippen LogP contribution is -2.15. The summed E-state index contributed by atoms with van der Waals surface area (Å²) in [5.74, 6) is 0.498. The number of fused-ring (bicyclic) bond motifs is 3. The number of anilines is 1. The zero-order chi connectivity index (χ0) is 14.1. The van der Waals surface area contributed by atoms with Gasteiger partial charge < -0.3 is 10.7 Å². The van der Waals surface area contributed by atoms with Crippen LogP contribution in [0.5, 0.6) is 0 Å². The fourth-order valence-electron chi connectivity index (χ4n) is 2.35. The third kappa shape index (κ3) is 2.05. The quantitative estimate of drug-likeness (QED) is 0.686. The van der Waals surface area contributed by atoms with Crippen LogP contribution in [0.15, 0.2) is 53.6 Å². The van der Waals surface area contributed by atoms with Crippen molar-refractivity contribution in [3.05, 3.63) is 54.0 Å². The van der Waals surface area contributed by atoms with E-state index in [9.17, 15) is 0 Å². The number of rotatable bonds is 1. The first kappa shape index (κ1) is 12.4. The molecule has 0 aliphatic heterocycles. The van der Waals surface area contributed by atoms with Crippen molar-refractivity contribution in [1.29, 1.82) is 0 Å². The molecule has 0 atom stereocenters. The summed E-state index contributed by atoms with van der Waals surface area (Å²) in [7, 11) is 3.75. The van der Waals surface area contributed by atoms with E-state index in [1.807, 2.05) is 50.5 Å². The Morgan fingerprint density at radius 3 is 1.95 bits per heavy atom. The molecule has 1 heterocycles. The fourth-order valence-corrected chi connectivity index (χ4v) is 2.35. The van der Waals surface area contributed by atoms with Crippen molar-refractivity contribution in [2.45, 2.75) is 0 Å². The van der Waals surface area contributed by atoms with Crippen LogP contribution in [0.25, 0.3) is 21.5 Å². The van der Waals surface area contributed by atoms with Crippen LogP contribution in [0.4, 0.5) is 5.82 Å². The van der Waals surface area contributed by atoms with E-state index in [4.69, 9.17) is 5.73 Å². The molecule has 0 saturated carbocycles. The van der Waals surface area contributed by atoms with Crippen LogP contribution in [0.2, 0.25) is 0 Å². The molecule has 0 bridgehead atoms. The zero-order valence-corrected chi connectivity index (χ0v) is 11.5. The first-order valence-corrected chi connectivity index (χ1v) is 6.46. The van der Waals surface area contributed by atoms with Crippen molar-refractivity contribution >= 4 is 27.4 Å². The van der Waals surface area contributed by atoms with Crippen molar-refractivity contribution in [1.82, 2.24) is 9.99 Å². The van der Waals surface area contributed by atoms with Gasteiger partial charge in [0, 0.05) is 24.9 Å². The Balaban J connectivity index is 2.65. The van der Waals surface area contributed by atoms with Gasteiger partial charge in [-0.15, -0.1) is 0 Å². The molecule has 100 valence electrons. The Bertz CT molecular complexity index is 853. The van der Waals surface area contributed by atoms with Gasteiger partial charge in [-0.05, 0) is 10.8 Å². The number of nitrogens with zero attached hydrogens (tertiary/aromatic N) is 3. The molecule has 0 fully saturated rings. The summed E-state index contributed by atoms with van der Waals surface area (Å²) < 4.78 is 0. The number of aromatic nitrogens is 1. The van der Waals surface area contributed by atoms with Crippen LogP contribution in [-0.4, -0.2) is 24.1 Å². The third-order valence-corrected chi connectivity index (χ3v) is 3.18. The van der Waals surface area contributed by atoms with E-state index in [2.05, 4.69) is 22.2 Å². The van der Waals surface area contributed by atoms with Gasteiger partial charge in [-0.3, -0.25) is 0 Å². The Morgan fingerprint density at radius 1 is 0.850 bits per heavy atom. The summed E-state index contributed by atoms with van der Waals surface area (Å²) in [5, 5.41) is 10.3. The highest BCUT2D eigenvalue weighted by atomic mass is 15.4. The molecule has 0 spiro atoms. The second kappa shape index (κ2) is 4.81. The van der Waals surface area contributed by atoms with E-state index in [0.717, 1.165) is 21.5 Å². The molecule has 4 heteroatoms. The first-order chi connectivity index (χ1) is 9.66. The van der Waals surface area contributed by atoms with Crippen molar-refractivity contribution < 1.29 is 0 Å². The molecule has 0 unspecified atom stereocenters. The Labute approximate surface area is 117 Å². The van der Waals surface area contributed by atoms with Gasteiger partial charge in [0.05, 0.1) is 0 Å². The molecule has 1 aromatic heterocycles. The maximum absolute atomic E-state index is 6.14. The van der Waals surface area contributed by atoms with Crippen molar-refractivity contribution in [2.24, 2.45) is 5.10 Å². The van der Waals surface area contributed by atoms with E-state index in [-0.39, 0.29) is 0 Å². The predicted octanol–water partition coefficient (Wildman–Crippen LogP) is 2.35. The van der Waals surface area contributed by atoms with Gasteiger partial charge in [-0.2, -0.15) is 5.10 Å². The molecule has 2 N–H and O–H groups in total. The van der Waals surface area contributed by atoms with Gasteiger partial charge in [-0.25, -0.2) is 4.98 Å². The van der Waals surface area contributed by atoms with Crippen LogP contribution in [0.1, 0.15) is 0 Å². The zero-order valence-electron chi connectivity index (χ0n) is 11.5. The minimum Gasteiger partial charge on any atom is -0.383 e. The van der Waals surface area contributed by atoms with Gasteiger partial charge in [0.2, 0.25) is 0 Å². The highest BCUT2D eigenvalue weighted by Crippen LogP contribution is 2.24. The predicted molar refractivity (Wildman–Crippen MR) is 82.9 cm³/mol. The summed E-state index contributed by atoms with van der Waals surface area (Å²) in [6, 6.07) is 16.1. The standard InChI is InChI=1S/C16H16N4/c1-20(2)19-16-14-10-6-4-8-12(14)11-7-3-5-9-13(11)15(17)18-16/h3-10H,1-2H3,(H2,17,18,19). The first-order valence-electron chi connectivity index (χ1n) is 6.46. The SMILES string of the molecule is CN(C)/N=c1\nc(N)c2ccccc2c2ccccc12.